The normalized spacial score (nSPS) is 10.2. The van der Waals surface area contributed by atoms with Gasteiger partial charge in [0.25, 0.3) is 11.6 Å². The number of benzene rings is 1. The molecule has 0 bridgehead atoms. The number of carbonyl (C=O) groups excluding carboxylic acids is 1. The molecule has 0 saturated heterocycles. The van der Waals surface area contributed by atoms with Gasteiger partial charge in [0, 0.05) is 17.8 Å². The van der Waals surface area contributed by atoms with Gasteiger partial charge in [-0.3, -0.25) is 20.0 Å². The first-order valence-corrected chi connectivity index (χ1v) is 5.43. The number of nitrogens with one attached hydrogen (secondary N) is 2. The molecule has 0 radical (unpaired) electrons. The van der Waals surface area contributed by atoms with Crippen molar-refractivity contribution in [2.24, 2.45) is 0 Å². The van der Waals surface area contributed by atoms with Gasteiger partial charge in [0.15, 0.2) is 0 Å². The minimum atomic E-state index is -0.489. The maximum Gasteiger partial charge on any atom is 0.295 e. The van der Waals surface area contributed by atoms with E-state index in [-0.39, 0.29) is 11.5 Å². The molecule has 0 fully saturated rings. The van der Waals surface area contributed by atoms with E-state index in [4.69, 9.17) is 0 Å². The number of nitro groups is 1. The number of hydrogen-bond donors (Lipinski definition) is 2. The van der Waals surface area contributed by atoms with Gasteiger partial charge in [-0.15, -0.1) is 5.10 Å². The van der Waals surface area contributed by atoms with Crippen molar-refractivity contribution in [2.45, 2.75) is 13.8 Å². The summed E-state index contributed by atoms with van der Waals surface area (Å²) in [6.45, 7) is 3.35. The quantitative estimate of drug-likeness (QED) is 0.643. The molecule has 0 atom stereocenters. The summed E-state index contributed by atoms with van der Waals surface area (Å²) in [6.07, 6.45) is 0. The fraction of sp³-hybridized carbons (Fsp3) is 0.182. The number of amides is 1. The Morgan fingerprint density at radius 2 is 2.16 bits per heavy atom. The molecule has 2 N–H and O–H groups in total. The van der Waals surface area contributed by atoms with Crippen LogP contribution < -0.4 is 5.32 Å². The maximum absolute atomic E-state index is 11.8. The Morgan fingerprint density at radius 1 is 1.42 bits per heavy atom. The predicted octanol–water partition coefficient (Wildman–Crippen LogP) is 1.58. The van der Waals surface area contributed by atoms with Gasteiger partial charge < -0.3 is 5.32 Å². The minimum absolute atomic E-state index is 0.0234. The van der Waals surface area contributed by atoms with Gasteiger partial charge in [-0.2, -0.15) is 0 Å². The highest BCUT2D eigenvalue weighted by Gasteiger charge is 2.14. The molecule has 1 aromatic heterocycles. The van der Waals surface area contributed by atoms with Gasteiger partial charge >= 0.3 is 0 Å². The van der Waals surface area contributed by atoms with Crippen molar-refractivity contribution in [3.8, 4) is 0 Å². The third-order valence-electron chi connectivity index (χ3n) is 2.47. The molecule has 0 aliphatic heterocycles. The molecule has 0 aliphatic rings. The smallest absolute Gasteiger partial charge is 0.295 e. The lowest BCUT2D eigenvalue weighted by Gasteiger charge is -2.05. The van der Waals surface area contributed by atoms with Gasteiger partial charge in [0.2, 0.25) is 5.82 Å². The molecule has 98 valence electrons. The lowest BCUT2D eigenvalue weighted by atomic mass is 10.2. The number of aryl methyl sites for hydroxylation is 2. The van der Waals surface area contributed by atoms with Crippen LogP contribution in [0.5, 0.6) is 0 Å². The highest BCUT2D eigenvalue weighted by Crippen LogP contribution is 2.21. The van der Waals surface area contributed by atoms with Gasteiger partial charge in [-0.25, -0.2) is 4.98 Å². The molecule has 2 aromatic rings. The number of nitro benzene ring substituents is 1. The monoisotopic (exact) mass is 261 g/mol. The molecule has 1 aromatic carbocycles. The Balaban J connectivity index is 2.20. The van der Waals surface area contributed by atoms with E-state index in [0.717, 1.165) is 0 Å². The van der Waals surface area contributed by atoms with Crippen LogP contribution in [0.25, 0.3) is 0 Å². The first-order valence-electron chi connectivity index (χ1n) is 5.43. The number of rotatable bonds is 3. The molecule has 0 aliphatic carbocycles. The Morgan fingerprint density at radius 3 is 2.68 bits per heavy atom. The first-order chi connectivity index (χ1) is 8.97. The van der Waals surface area contributed by atoms with Crippen LogP contribution in [0.2, 0.25) is 0 Å². The van der Waals surface area contributed by atoms with Gasteiger partial charge in [-0.05, 0) is 25.5 Å². The summed E-state index contributed by atoms with van der Waals surface area (Å²) >= 11 is 0. The minimum Gasteiger partial charge on any atom is -0.319 e. The fourth-order valence-corrected chi connectivity index (χ4v) is 1.52. The number of aromatic nitrogens is 3. The Kier molecular flexibility index (Phi) is 3.23. The third kappa shape index (κ3) is 2.73. The van der Waals surface area contributed by atoms with E-state index >= 15 is 0 Å². The second kappa shape index (κ2) is 4.84. The van der Waals surface area contributed by atoms with E-state index in [2.05, 4.69) is 20.5 Å². The van der Waals surface area contributed by atoms with Crippen molar-refractivity contribution in [3.05, 3.63) is 45.5 Å². The molecule has 0 spiro atoms. The number of anilines is 1. The van der Waals surface area contributed by atoms with Crippen LogP contribution in [0.15, 0.2) is 18.2 Å². The number of hydrogen-bond acceptors (Lipinski definition) is 5. The summed E-state index contributed by atoms with van der Waals surface area (Å²) in [4.78, 5) is 25.8. The lowest BCUT2D eigenvalue weighted by molar-refractivity contribution is -0.384. The van der Waals surface area contributed by atoms with Crippen molar-refractivity contribution < 1.29 is 9.72 Å². The molecule has 0 saturated carbocycles. The molecular formula is C11H11N5O3. The zero-order valence-corrected chi connectivity index (χ0v) is 10.3. The van der Waals surface area contributed by atoms with Crippen LogP contribution in [0, 0.1) is 24.0 Å². The number of aromatic amines is 1. The average molecular weight is 261 g/mol. The van der Waals surface area contributed by atoms with Crippen molar-refractivity contribution >= 4 is 17.3 Å². The zero-order chi connectivity index (χ0) is 14.0. The third-order valence-corrected chi connectivity index (χ3v) is 2.47. The molecule has 1 amide bonds. The summed E-state index contributed by atoms with van der Waals surface area (Å²) < 4.78 is 0. The molecule has 19 heavy (non-hydrogen) atoms. The Hall–Kier alpha value is -2.77. The summed E-state index contributed by atoms with van der Waals surface area (Å²) in [5, 5.41) is 19.5. The van der Waals surface area contributed by atoms with Gasteiger partial charge in [-0.1, -0.05) is 0 Å². The fourth-order valence-electron chi connectivity index (χ4n) is 1.52. The van der Waals surface area contributed by atoms with Crippen LogP contribution in [0.4, 0.5) is 11.4 Å². The van der Waals surface area contributed by atoms with E-state index < -0.39 is 10.8 Å². The standard InChI is InChI=1S/C11H11N5O3/c1-6-5-8(16(18)19)3-4-9(6)13-11(17)10-12-7(2)14-15-10/h3-5H,1-2H3,(H,13,17)(H,12,14,15). The molecule has 1 heterocycles. The second-order valence-corrected chi connectivity index (χ2v) is 3.95. The summed E-state index contributed by atoms with van der Waals surface area (Å²) in [6, 6.07) is 4.19. The van der Waals surface area contributed by atoms with Crippen LogP contribution >= 0.6 is 0 Å². The van der Waals surface area contributed by atoms with Crippen LogP contribution in [0.3, 0.4) is 0 Å². The summed E-state index contributed by atoms with van der Waals surface area (Å²) in [5.74, 6) is 0.0853. The number of carbonyl (C=O) groups is 1. The van der Waals surface area contributed by atoms with Crippen molar-refractivity contribution in [1.82, 2.24) is 15.2 Å². The SMILES string of the molecule is Cc1nc(C(=O)Nc2ccc([N+](=O)[O-])cc2C)n[nH]1. The van der Waals surface area contributed by atoms with Crippen LogP contribution in [-0.2, 0) is 0 Å². The van der Waals surface area contributed by atoms with Crippen LogP contribution in [-0.4, -0.2) is 26.0 Å². The van der Waals surface area contributed by atoms with Crippen molar-refractivity contribution in [3.63, 3.8) is 0 Å². The number of H-pyrrole nitrogens is 1. The predicted molar refractivity (Wildman–Crippen MR) is 66.9 cm³/mol. The van der Waals surface area contributed by atoms with Gasteiger partial charge in [0.1, 0.15) is 5.82 Å². The van der Waals surface area contributed by atoms with E-state index in [1.165, 1.54) is 18.2 Å². The highest BCUT2D eigenvalue weighted by molar-refractivity contribution is 6.01. The van der Waals surface area contributed by atoms with E-state index in [1.807, 2.05) is 0 Å². The molecule has 8 heteroatoms. The van der Waals surface area contributed by atoms with E-state index in [9.17, 15) is 14.9 Å². The maximum atomic E-state index is 11.8. The molecule has 2 rings (SSSR count). The number of non-ortho nitro benzene ring substituents is 1. The van der Waals surface area contributed by atoms with Gasteiger partial charge in [0.05, 0.1) is 4.92 Å². The molecular weight excluding hydrogens is 250 g/mol. The molecule has 8 nitrogen and oxygen atoms in total. The topological polar surface area (TPSA) is 114 Å². The van der Waals surface area contributed by atoms with E-state index in [1.54, 1.807) is 13.8 Å². The Bertz CT molecular complexity index is 650. The Labute approximate surface area is 108 Å². The van der Waals surface area contributed by atoms with Crippen molar-refractivity contribution in [1.29, 1.82) is 0 Å². The molecule has 0 unspecified atom stereocenters. The second-order valence-electron chi connectivity index (χ2n) is 3.95. The highest BCUT2D eigenvalue weighted by atomic mass is 16.6. The first kappa shape index (κ1) is 12.7. The van der Waals surface area contributed by atoms with Crippen molar-refractivity contribution in [2.75, 3.05) is 5.32 Å². The van der Waals surface area contributed by atoms with Crippen LogP contribution in [0.1, 0.15) is 22.0 Å². The average Bonchev–Trinajstić information content (AvgIpc) is 2.78. The van der Waals surface area contributed by atoms with E-state index in [0.29, 0.717) is 17.1 Å². The largest absolute Gasteiger partial charge is 0.319 e. The summed E-state index contributed by atoms with van der Waals surface area (Å²) in [5.41, 5.74) is 1.05. The summed E-state index contributed by atoms with van der Waals surface area (Å²) in [7, 11) is 0. The lowest BCUT2D eigenvalue weighted by Crippen LogP contribution is -2.14. The zero-order valence-electron chi connectivity index (χ0n) is 10.3. The number of nitrogens with zero attached hydrogens (tertiary/aromatic N) is 3.